The molecule has 0 bridgehead atoms. The van der Waals surface area contributed by atoms with Crippen molar-refractivity contribution in [3.8, 4) is 5.75 Å². The fraction of sp³-hybridized carbons (Fsp3) is 0.476. The number of hydrogen-bond donors (Lipinski definition) is 1. The van der Waals surface area contributed by atoms with Gasteiger partial charge in [0.05, 0.1) is 30.7 Å². The Morgan fingerprint density at radius 1 is 0.716 bits per heavy atom. The predicted octanol–water partition coefficient (Wildman–Crippen LogP) is 7.57. The fourth-order valence-electron chi connectivity index (χ4n) is 7.54. The summed E-state index contributed by atoms with van der Waals surface area (Å²) < 4.78 is 139. The molecule has 4 aromatic heterocycles. The van der Waals surface area contributed by atoms with Gasteiger partial charge in [-0.15, -0.1) is 0 Å². The zero-order valence-electron chi connectivity index (χ0n) is 36.9. The summed E-state index contributed by atoms with van der Waals surface area (Å²) in [5, 5.41) is 17.8. The van der Waals surface area contributed by atoms with Gasteiger partial charge in [0.2, 0.25) is 29.7 Å². The maximum Gasteiger partial charge on any atom is 0.321 e. The van der Waals surface area contributed by atoms with Crippen LogP contribution in [0.3, 0.4) is 0 Å². The van der Waals surface area contributed by atoms with E-state index in [9.17, 15) is 44.0 Å². The van der Waals surface area contributed by atoms with E-state index < -0.39 is 81.8 Å². The van der Waals surface area contributed by atoms with Crippen molar-refractivity contribution in [2.45, 2.75) is 98.1 Å². The van der Waals surface area contributed by atoms with Crippen LogP contribution < -0.4 is 10.1 Å². The van der Waals surface area contributed by atoms with Gasteiger partial charge in [0.25, 0.3) is 12.9 Å². The number of nitrogens with one attached hydrogen (secondary N) is 1. The molecule has 1 aromatic carbocycles. The first-order valence-corrected chi connectivity index (χ1v) is 23.9. The van der Waals surface area contributed by atoms with Crippen LogP contribution in [0.1, 0.15) is 88.6 Å². The standard InChI is InChI=1S/C17H21F3N6O3S.C13H19F3N2O2S.C12H10N2O2/c1-17(20,30(28,29)14-9-13(15(18)19)24-25(14)2)11-4-7-26(8-5-11)16(27)23-12-3-6-21-22-10-12;1-13(16,9-6-4-3-5-7-9)21(19,20)11-8-10(12(14)15)17-18(11)2;15-12(8-10-6-7-13-14-9-10)16-11-4-2-1-3-5-11/h3,6,9-11,15H,4-5,7-8H2,1-2H3,(H,21,23,27);8-9,12H,3-7H2,1-2H3;1-7,9H,8H2. The van der Waals surface area contributed by atoms with Gasteiger partial charge in [-0.05, 0) is 69.4 Å². The molecule has 7 rings (SSSR count). The molecule has 1 aliphatic carbocycles. The van der Waals surface area contributed by atoms with Crippen LogP contribution in [0.4, 0.5) is 36.8 Å². The van der Waals surface area contributed by atoms with E-state index in [1.807, 2.05) is 18.2 Å². The van der Waals surface area contributed by atoms with Crippen molar-refractivity contribution >= 4 is 37.4 Å². The molecule has 5 heterocycles. The second kappa shape index (κ2) is 22.2. The molecule has 1 N–H and O–H groups in total. The van der Waals surface area contributed by atoms with E-state index in [2.05, 4.69) is 35.9 Å². The molecule has 0 spiro atoms. The number of likely N-dealkylation sites (tertiary alicyclic amines) is 1. The first-order chi connectivity index (χ1) is 31.6. The molecule has 0 radical (unpaired) electrons. The van der Waals surface area contributed by atoms with Crippen molar-refractivity contribution in [3.63, 3.8) is 0 Å². The molecule has 2 atom stereocenters. The highest BCUT2D eigenvalue weighted by atomic mass is 32.2. The maximum atomic E-state index is 15.6. The number of para-hydroxylation sites is 1. The SMILES string of the molecule is Cn1nc(C(F)F)cc1S(=O)(=O)C(C)(F)C1CCCCC1.Cn1nc(C(F)F)cc1S(=O)(=O)C(C)(F)C1CCN(C(=O)Nc2ccnnc2)CC1.O=C(Cc1ccnnc1)Oc1ccccc1. The number of rotatable bonds is 12. The summed E-state index contributed by atoms with van der Waals surface area (Å²) in [6, 6.07) is 13.3. The number of aryl methyl sites for hydroxylation is 2. The van der Waals surface area contributed by atoms with Crippen LogP contribution in [0, 0.1) is 11.8 Å². The normalized spacial score (nSPS) is 16.7. The average Bonchev–Trinajstić information content (AvgIpc) is 3.92. The van der Waals surface area contributed by atoms with E-state index >= 15 is 8.78 Å². The number of halogens is 6. The van der Waals surface area contributed by atoms with Crippen molar-refractivity contribution in [2.24, 2.45) is 25.9 Å². The molecule has 1 saturated carbocycles. The molecular formula is C42H50F6N10O7S2. The van der Waals surface area contributed by atoms with Crippen LogP contribution in [-0.2, 0) is 45.0 Å². The summed E-state index contributed by atoms with van der Waals surface area (Å²) >= 11 is 0. The number of anilines is 1. The van der Waals surface area contributed by atoms with Crippen LogP contribution in [0.5, 0.6) is 5.75 Å². The molecule has 17 nitrogen and oxygen atoms in total. The molecule has 364 valence electrons. The first-order valence-electron chi connectivity index (χ1n) is 20.9. The Labute approximate surface area is 383 Å². The Kier molecular flexibility index (Phi) is 17.2. The van der Waals surface area contributed by atoms with Crippen molar-refractivity contribution in [1.29, 1.82) is 0 Å². The minimum absolute atomic E-state index is 0.0911. The van der Waals surface area contributed by atoms with Crippen molar-refractivity contribution in [2.75, 3.05) is 18.4 Å². The summed E-state index contributed by atoms with van der Waals surface area (Å²) in [5.41, 5.74) is -0.156. The zero-order valence-corrected chi connectivity index (χ0v) is 38.5. The third kappa shape index (κ3) is 12.7. The lowest BCUT2D eigenvalue weighted by Crippen LogP contribution is -2.48. The van der Waals surface area contributed by atoms with Gasteiger partial charge in [-0.3, -0.25) is 14.2 Å². The summed E-state index contributed by atoms with van der Waals surface area (Å²) in [7, 11) is -6.57. The van der Waals surface area contributed by atoms with E-state index in [4.69, 9.17) is 4.74 Å². The number of ether oxygens (including phenoxy) is 1. The lowest BCUT2D eigenvalue weighted by molar-refractivity contribution is -0.133. The molecule has 2 aliphatic rings. The van der Waals surface area contributed by atoms with Crippen molar-refractivity contribution in [3.05, 3.63) is 96.3 Å². The Morgan fingerprint density at radius 2 is 1.21 bits per heavy atom. The monoisotopic (exact) mass is 984 g/mol. The third-order valence-corrected chi connectivity index (χ3v) is 16.0. The first kappa shape index (κ1) is 52.0. The van der Waals surface area contributed by atoms with Gasteiger partial charge in [0, 0.05) is 57.4 Å². The minimum Gasteiger partial charge on any atom is -0.426 e. The van der Waals surface area contributed by atoms with Gasteiger partial charge in [-0.25, -0.2) is 48.0 Å². The van der Waals surface area contributed by atoms with Crippen LogP contribution in [0.15, 0.2) is 89.4 Å². The molecule has 2 fully saturated rings. The Bertz CT molecular complexity index is 2590. The zero-order chi connectivity index (χ0) is 49.2. The highest BCUT2D eigenvalue weighted by Crippen LogP contribution is 2.42. The van der Waals surface area contributed by atoms with Crippen LogP contribution in [0.2, 0.25) is 0 Å². The third-order valence-electron chi connectivity index (χ3n) is 11.4. The smallest absolute Gasteiger partial charge is 0.321 e. The van der Waals surface area contributed by atoms with Gasteiger partial charge in [0.15, 0.2) is 10.1 Å². The molecule has 1 saturated heterocycles. The number of nitrogens with zero attached hydrogens (tertiary/aromatic N) is 9. The number of benzene rings is 1. The van der Waals surface area contributed by atoms with Gasteiger partial charge >= 0.3 is 12.0 Å². The van der Waals surface area contributed by atoms with Gasteiger partial charge in [0.1, 0.15) is 17.1 Å². The number of carbonyl (C=O) groups excluding carboxylic acids is 2. The summed E-state index contributed by atoms with van der Waals surface area (Å²) in [6.45, 7) is 2.24. The summed E-state index contributed by atoms with van der Waals surface area (Å²) in [6.07, 6.45) is 3.93. The lowest BCUT2D eigenvalue weighted by atomic mass is 9.86. The lowest BCUT2D eigenvalue weighted by Gasteiger charge is -2.37. The number of piperidine rings is 1. The largest absolute Gasteiger partial charge is 0.426 e. The van der Waals surface area contributed by atoms with E-state index in [1.165, 1.54) is 31.4 Å². The fourth-order valence-corrected chi connectivity index (χ4v) is 11.0. The number of alkyl halides is 6. The highest BCUT2D eigenvalue weighted by Gasteiger charge is 2.51. The molecule has 2 unspecified atom stereocenters. The van der Waals surface area contributed by atoms with Crippen LogP contribution >= 0.6 is 0 Å². The summed E-state index contributed by atoms with van der Waals surface area (Å²) in [5.74, 6) is -1.28. The Morgan fingerprint density at radius 3 is 1.66 bits per heavy atom. The summed E-state index contributed by atoms with van der Waals surface area (Å²) in [4.78, 5) is 25.3. The molecular weight excluding hydrogens is 935 g/mol. The van der Waals surface area contributed by atoms with Crippen LogP contribution in [-0.4, -0.2) is 96.8 Å². The van der Waals surface area contributed by atoms with E-state index in [1.54, 1.807) is 36.7 Å². The maximum absolute atomic E-state index is 15.6. The van der Waals surface area contributed by atoms with Gasteiger partial charge in [-0.1, -0.05) is 37.5 Å². The quantitative estimate of drug-likeness (QED) is 0.0726. The average molecular weight is 985 g/mol. The van der Waals surface area contributed by atoms with Crippen LogP contribution in [0.25, 0.3) is 0 Å². The van der Waals surface area contributed by atoms with Gasteiger partial charge in [-0.2, -0.15) is 30.6 Å². The van der Waals surface area contributed by atoms with E-state index in [-0.39, 0.29) is 38.3 Å². The topological polar surface area (TPSA) is 214 Å². The Balaban J connectivity index is 0.000000198. The van der Waals surface area contributed by atoms with E-state index in [0.29, 0.717) is 30.3 Å². The van der Waals surface area contributed by atoms with Crippen molar-refractivity contribution < 1.29 is 57.5 Å². The number of hydrogen-bond acceptors (Lipinski definition) is 13. The second-order valence-corrected chi connectivity index (χ2v) is 20.5. The molecule has 2 amide bonds. The second-order valence-electron chi connectivity index (χ2n) is 16.0. The predicted molar refractivity (Wildman–Crippen MR) is 229 cm³/mol. The minimum atomic E-state index is -4.60. The molecule has 1 aliphatic heterocycles. The van der Waals surface area contributed by atoms with Gasteiger partial charge < -0.3 is 15.0 Å². The number of esters is 1. The van der Waals surface area contributed by atoms with E-state index in [0.717, 1.165) is 54.1 Å². The Hall–Kier alpha value is -5.98. The number of carbonyl (C=O) groups is 2. The molecule has 25 heteroatoms. The molecule has 67 heavy (non-hydrogen) atoms. The number of aromatic nitrogens is 8. The molecule has 5 aromatic rings. The number of amides is 2. The number of urea groups is 1. The highest BCUT2D eigenvalue weighted by molar-refractivity contribution is 7.92. The number of sulfone groups is 2. The van der Waals surface area contributed by atoms with Crippen molar-refractivity contribution in [1.82, 2.24) is 44.9 Å².